The van der Waals surface area contributed by atoms with Crippen LogP contribution in [0.4, 0.5) is 15.0 Å². The van der Waals surface area contributed by atoms with Crippen LogP contribution in [0.25, 0.3) is 11.1 Å². The Morgan fingerprint density at radius 1 is 1.29 bits per heavy atom. The molecule has 1 atom stereocenters. The Morgan fingerprint density at radius 3 is 2.71 bits per heavy atom. The number of likely N-dealkylation sites (tertiary alicyclic amines) is 1. The van der Waals surface area contributed by atoms with Gasteiger partial charge in [0.2, 0.25) is 0 Å². The van der Waals surface area contributed by atoms with Gasteiger partial charge in [-0.25, -0.2) is 14.2 Å². The van der Waals surface area contributed by atoms with Gasteiger partial charge in [-0.3, -0.25) is 0 Å². The monoisotopic (exact) mass is 477 g/mol. The standard InChI is InChI=1S/C27H32FN5O2/c1-17-23-19(9-11-30-17)22(18-7-5-6-8-21(18)28)20(13-29)24(31-23)32-12-10-27(14-32)15-33(16-27)25(34)35-26(2,3)4/h5-8,17,30H,9-12,14-16H2,1-4H3. The fourth-order valence-corrected chi connectivity index (χ4v) is 5.64. The minimum Gasteiger partial charge on any atom is -0.444 e. The van der Waals surface area contributed by atoms with E-state index in [4.69, 9.17) is 9.72 Å². The van der Waals surface area contributed by atoms with Crippen LogP contribution < -0.4 is 10.2 Å². The topological polar surface area (TPSA) is 81.5 Å². The van der Waals surface area contributed by atoms with Gasteiger partial charge in [0.15, 0.2) is 0 Å². The Hall–Kier alpha value is -3.18. The molecule has 35 heavy (non-hydrogen) atoms. The minimum absolute atomic E-state index is 0.0127. The van der Waals surface area contributed by atoms with Gasteiger partial charge in [0.05, 0.1) is 5.69 Å². The highest BCUT2D eigenvalue weighted by molar-refractivity contribution is 5.81. The number of anilines is 1. The molecule has 0 bridgehead atoms. The third kappa shape index (κ3) is 4.23. The van der Waals surface area contributed by atoms with Crippen LogP contribution in [0.5, 0.6) is 0 Å². The third-order valence-corrected chi connectivity index (χ3v) is 7.24. The number of ether oxygens (including phenoxy) is 1. The molecule has 184 valence electrons. The van der Waals surface area contributed by atoms with Gasteiger partial charge in [0.1, 0.15) is 28.9 Å². The molecule has 4 heterocycles. The second kappa shape index (κ2) is 8.49. The van der Waals surface area contributed by atoms with Crippen LogP contribution in [0.2, 0.25) is 0 Å². The second-order valence-electron chi connectivity index (χ2n) is 11.1. The summed E-state index contributed by atoms with van der Waals surface area (Å²) in [4.78, 5) is 21.4. The molecule has 2 saturated heterocycles. The Morgan fingerprint density at radius 2 is 2.03 bits per heavy atom. The lowest BCUT2D eigenvalue weighted by Gasteiger charge is -2.47. The van der Waals surface area contributed by atoms with Gasteiger partial charge in [0.25, 0.3) is 0 Å². The van der Waals surface area contributed by atoms with E-state index in [0.29, 0.717) is 48.6 Å². The number of benzene rings is 1. The van der Waals surface area contributed by atoms with Crippen LogP contribution in [-0.4, -0.2) is 54.3 Å². The number of carbonyl (C=O) groups excluding carboxylic acids is 1. The molecule has 2 aromatic rings. The van der Waals surface area contributed by atoms with Crippen molar-refractivity contribution in [1.29, 1.82) is 5.26 Å². The van der Waals surface area contributed by atoms with E-state index in [1.165, 1.54) is 6.07 Å². The van der Waals surface area contributed by atoms with Crippen LogP contribution in [0.1, 0.15) is 57.0 Å². The molecule has 7 nitrogen and oxygen atoms in total. The molecule has 1 N–H and O–H groups in total. The molecule has 8 heteroatoms. The maximum atomic E-state index is 15.0. The Kier molecular flexibility index (Phi) is 5.71. The molecule has 5 rings (SSSR count). The molecule has 1 aromatic carbocycles. The molecule has 0 aliphatic carbocycles. The summed E-state index contributed by atoms with van der Waals surface area (Å²) in [5.41, 5.74) is 2.83. The van der Waals surface area contributed by atoms with Crippen molar-refractivity contribution in [3.8, 4) is 17.2 Å². The van der Waals surface area contributed by atoms with Crippen LogP contribution in [0.3, 0.4) is 0 Å². The Bertz CT molecular complexity index is 1210. The van der Waals surface area contributed by atoms with Crippen molar-refractivity contribution in [1.82, 2.24) is 15.2 Å². The first-order valence-electron chi connectivity index (χ1n) is 12.3. The molecule has 3 aliphatic rings. The van der Waals surface area contributed by atoms with Crippen molar-refractivity contribution in [2.75, 3.05) is 37.6 Å². The van der Waals surface area contributed by atoms with E-state index in [9.17, 15) is 14.4 Å². The molecule has 1 unspecified atom stereocenters. The van der Waals surface area contributed by atoms with Crippen molar-refractivity contribution in [2.45, 2.75) is 52.2 Å². The molecule has 0 saturated carbocycles. The summed E-state index contributed by atoms with van der Waals surface area (Å²) in [6.45, 7) is 11.1. The number of amides is 1. The van der Waals surface area contributed by atoms with Crippen molar-refractivity contribution in [3.05, 3.63) is 46.9 Å². The van der Waals surface area contributed by atoms with Crippen molar-refractivity contribution >= 4 is 11.9 Å². The summed E-state index contributed by atoms with van der Waals surface area (Å²) >= 11 is 0. The summed E-state index contributed by atoms with van der Waals surface area (Å²) in [5, 5.41) is 13.7. The molecular formula is C27H32FN5O2. The first-order valence-corrected chi connectivity index (χ1v) is 12.3. The molecule has 2 fully saturated rings. The van der Waals surface area contributed by atoms with E-state index in [1.807, 2.05) is 20.8 Å². The number of nitrogens with one attached hydrogen (secondary N) is 1. The second-order valence-corrected chi connectivity index (χ2v) is 11.1. The number of halogens is 1. The number of carbonyl (C=O) groups is 1. The van der Waals surface area contributed by atoms with Crippen molar-refractivity contribution in [3.63, 3.8) is 0 Å². The van der Waals surface area contributed by atoms with Gasteiger partial charge in [-0.05, 0) is 58.7 Å². The normalized spacial score (nSPS) is 20.9. The quantitative estimate of drug-likeness (QED) is 0.690. The maximum absolute atomic E-state index is 15.0. The van der Waals surface area contributed by atoms with Gasteiger partial charge in [-0.15, -0.1) is 0 Å². The smallest absolute Gasteiger partial charge is 0.410 e. The number of rotatable bonds is 2. The number of nitriles is 1. The average molecular weight is 478 g/mol. The highest BCUT2D eigenvalue weighted by Gasteiger charge is 2.51. The molecule has 1 amide bonds. The number of fused-ring (bicyclic) bond motifs is 1. The molecular weight excluding hydrogens is 445 g/mol. The number of hydrogen-bond donors (Lipinski definition) is 1. The first-order chi connectivity index (χ1) is 16.6. The van der Waals surface area contributed by atoms with Gasteiger partial charge in [-0.2, -0.15) is 5.26 Å². The van der Waals surface area contributed by atoms with E-state index in [-0.39, 0.29) is 23.4 Å². The van der Waals surface area contributed by atoms with Crippen LogP contribution in [0, 0.1) is 22.6 Å². The molecule has 1 aromatic heterocycles. The number of hydrogen-bond acceptors (Lipinski definition) is 6. The van der Waals surface area contributed by atoms with Crippen LogP contribution in [0.15, 0.2) is 24.3 Å². The van der Waals surface area contributed by atoms with Gasteiger partial charge >= 0.3 is 6.09 Å². The lowest BCUT2D eigenvalue weighted by Crippen LogP contribution is -2.60. The molecule has 1 spiro atoms. The molecule has 3 aliphatic heterocycles. The zero-order chi connectivity index (χ0) is 25.0. The Labute approximate surface area is 205 Å². The number of pyridine rings is 1. The third-order valence-electron chi connectivity index (χ3n) is 7.24. The lowest BCUT2D eigenvalue weighted by molar-refractivity contribution is -0.0266. The summed E-state index contributed by atoms with van der Waals surface area (Å²) in [6, 6.07) is 9.05. The summed E-state index contributed by atoms with van der Waals surface area (Å²) in [7, 11) is 0. The summed E-state index contributed by atoms with van der Waals surface area (Å²) < 4.78 is 20.5. The van der Waals surface area contributed by atoms with Crippen LogP contribution >= 0.6 is 0 Å². The largest absolute Gasteiger partial charge is 0.444 e. The summed E-state index contributed by atoms with van der Waals surface area (Å²) in [5.74, 6) is 0.284. The maximum Gasteiger partial charge on any atom is 0.410 e. The fourth-order valence-electron chi connectivity index (χ4n) is 5.64. The predicted octanol–water partition coefficient (Wildman–Crippen LogP) is 4.41. The highest BCUT2D eigenvalue weighted by Crippen LogP contribution is 2.45. The van der Waals surface area contributed by atoms with Gasteiger partial charge < -0.3 is 19.9 Å². The fraction of sp³-hybridized carbons (Fsp3) is 0.519. The van der Waals surface area contributed by atoms with E-state index < -0.39 is 5.60 Å². The zero-order valence-corrected chi connectivity index (χ0v) is 20.8. The minimum atomic E-state index is -0.524. The van der Waals surface area contributed by atoms with Crippen molar-refractivity contribution in [2.24, 2.45) is 5.41 Å². The lowest BCUT2D eigenvalue weighted by atomic mass is 9.79. The molecule has 0 radical (unpaired) electrons. The summed E-state index contributed by atoms with van der Waals surface area (Å²) in [6.07, 6.45) is 1.31. The van der Waals surface area contributed by atoms with Crippen molar-refractivity contribution < 1.29 is 13.9 Å². The van der Waals surface area contributed by atoms with Gasteiger partial charge in [-0.1, -0.05) is 18.2 Å². The van der Waals surface area contributed by atoms with Gasteiger partial charge in [0, 0.05) is 48.8 Å². The average Bonchev–Trinajstić information content (AvgIpc) is 3.22. The number of aromatic nitrogens is 1. The Balaban J connectivity index is 1.48. The van der Waals surface area contributed by atoms with E-state index >= 15 is 0 Å². The van der Waals surface area contributed by atoms with Crippen LogP contribution in [-0.2, 0) is 11.2 Å². The van der Waals surface area contributed by atoms with E-state index in [2.05, 4.69) is 23.2 Å². The van der Waals surface area contributed by atoms with E-state index in [1.54, 1.807) is 23.1 Å². The number of nitrogens with zero attached hydrogens (tertiary/aromatic N) is 4. The highest BCUT2D eigenvalue weighted by atomic mass is 19.1. The zero-order valence-electron chi connectivity index (χ0n) is 20.8. The predicted molar refractivity (Wildman–Crippen MR) is 132 cm³/mol. The SMILES string of the molecule is CC1NCCc2c1nc(N1CCC3(CN(C(=O)OC(C)(C)C)C3)C1)c(C#N)c2-c1ccccc1F. The first kappa shape index (κ1) is 23.6. The van der Waals surface area contributed by atoms with E-state index in [0.717, 1.165) is 30.8 Å².